The average molecular weight is 391 g/mol. The van der Waals surface area contributed by atoms with E-state index in [9.17, 15) is 0 Å². The maximum atomic E-state index is 6.10. The first-order chi connectivity index (χ1) is 12.5. The number of halogens is 1. The molecule has 5 nitrogen and oxygen atoms in total. The van der Waals surface area contributed by atoms with Crippen molar-refractivity contribution in [2.24, 2.45) is 0 Å². The third-order valence-corrected chi connectivity index (χ3v) is 5.20. The summed E-state index contributed by atoms with van der Waals surface area (Å²) in [7, 11) is 1.62. The molecule has 1 saturated heterocycles. The maximum absolute atomic E-state index is 6.10. The highest BCUT2D eigenvalue weighted by Crippen LogP contribution is 2.25. The number of pyridine rings is 1. The Morgan fingerprint density at radius 1 is 1.19 bits per heavy atom. The molecule has 7 heteroatoms. The molecule has 1 aliphatic heterocycles. The quantitative estimate of drug-likeness (QED) is 0.802. The molecule has 0 spiro atoms. The zero-order valence-corrected chi connectivity index (χ0v) is 16.8. The number of piperazine rings is 1. The molecule has 0 bridgehead atoms. The highest BCUT2D eigenvalue weighted by Gasteiger charge is 2.20. The van der Waals surface area contributed by atoms with Crippen molar-refractivity contribution < 1.29 is 4.74 Å². The maximum Gasteiger partial charge on any atom is 0.237 e. The molecule has 0 radical (unpaired) electrons. The van der Waals surface area contributed by atoms with E-state index in [0.717, 1.165) is 53.8 Å². The topological polar surface area (TPSA) is 40.6 Å². The van der Waals surface area contributed by atoms with E-state index >= 15 is 0 Å². The van der Waals surface area contributed by atoms with E-state index in [2.05, 4.69) is 26.2 Å². The first-order valence-corrected chi connectivity index (χ1v) is 9.35. The lowest BCUT2D eigenvalue weighted by Crippen LogP contribution is -2.50. The minimum atomic E-state index is 0.563. The van der Waals surface area contributed by atoms with E-state index in [1.54, 1.807) is 7.11 Å². The highest BCUT2D eigenvalue weighted by molar-refractivity contribution is 7.80. The van der Waals surface area contributed by atoms with Crippen molar-refractivity contribution in [3.8, 4) is 5.88 Å². The minimum Gasteiger partial charge on any atom is -0.480 e. The summed E-state index contributed by atoms with van der Waals surface area (Å²) >= 11 is 11.7. The van der Waals surface area contributed by atoms with Crippen molar-refractivity contribution in [3.63, 3.8) is 0 Å². The summed E-state index contributed by atoms with van der Waals surface area (Å²) in [6.07, 6.45) is 0. The number of hydrogen-bond donors (Lipinski definition) is 1. The van der Waals surface area contributed by atoms with Gasteiger partial charge in [0.15, 0.2) is 5.11 Å². The number of benzene rings is 1. The number of ether oxygens (including phenoxy) is 1. The molecule has 3 rings (SSSR count). The third kappa shape index (κ3) is 4.19. The summed E-state index contributed by atoms with van der Waals surface area (Å²) < 4.78 is 5.38. The first-order valence-electron chi connectivity index (χ1n) is 8.56. The van der Waals surface area contributed by atoms with Crippen molar-refractivity contribution in [1.82, 2.24) is 9.88 Å². The van der Waals surface area contributed by atoms with Gasteiger partial charge in [-0.25, -0.2) is 4.98 Å². The molecule has 2 heterocycles. The van der Waals surface area contributed by atoms with E-state index in [-0.39, 0.29) is 0 Å². The monoisotopic (exact) mass is 390 g/mol. The second-order valence-electron chi connectivity index (χ2n) is 6.33. The molecular formula is C19H23ClN4OS. The van der Waals surface area contributed by atoms with Gasteiger partial charge in [0.25, 0.3) is 0 Å². The van der Waals surface area contributed by atoms with Gasteiger partial charge in [-0.1, -0.05) is 17.7 Å². The summed E-state index contributed by atoms with van der Waals surface area (Å²) in [5, 5.41) is 4.75. The van der Waals surface area contributed by atoms with Crippen molar-refractivity contribution in [2.45, 2.75) is 13.8 Å². The Balaban J connectivity index is 1.63. The van der Waals surface area contributed by atoms with Gasteiger partial charge in [-0.2, -0.15) is 0 Å². The molecule has 0 atom stereocenters. The molecule has 1 aromatic carbocycles. The number of thiocarbonyl (C=S) groups is 1. The fourth-order valence-corrected chi connectivity index (χ4v) is 3.44. The van der Waals surface area contributed by atoms with E-state index < -0.39 is 0 Å². The van der Waals surface area contributed by atoms with Crippen LogP contribution in [-0.2, 0) is 0 Å². The molecule has 1 N–H and O–H groups in total. The van der Waals surface area contributed by atoms with Crippen LogP contribution in [0.2, 0.25) is 5.02 Å². The zero-order valence-electron chi connectivity index (χ0n) is 15.3. The average Bonchev–Trinajstić information content (AvgIpc) is 2.64. The second kappa shape index (κ2) is 8.10. The van der Waals surface area contributed by atoms with Gasteiger partial charge in [-0.15, -0.1) is 0 Å². The largest absolute Gasteiger partial charge is 0.480 e. The molecule has 1 fully saturated rings. The summed E-state index contributed by atoms with van der Waals surface area (Å²) in [5.41, 5.74) is 4.00. The molecule has 0 amide bonds. The number of nitrogens with one attached hydrogen (secondary N) is 1. The van der Waals surface area contributed by atoms with Crippen LogP contribution in [0.5, 0.6) is 5.88 Å². The Hall–Kier alpha value is -2.05. The van der Waals surface area contributed by atoms with E-state index in [4.69, 9.17) is 28.6 Å². The predicted molar refractivity (Wildman–Crippen MR) is 112 cm³/mol. The van der Waals surface area contributed by atoms with Gasteiger partial charge in [-0.3, -0.25) is 0 Å². The lowest BCUT2D eigenvalue weighted by molar-refractivity contribution is 0.388. The van der Waals surface area contributed by atoms with Crippen LogP contribution in [0.1, 0.15) is 11.3 Å². The van der Waals surface area contributed by atoms with Crippen molar-refractivity contribution in [2.75, 3.05) is 43.5 Å². The van der Waals surface area contributed by atoms with Crippen LogP contribution < -0.4 is 15.0 Å². The fourth-order valence-electron chi connectivity index (χ4n) is 2.96. The van der Waals surface area contributed by atoms with Crippen LogP contribution >= 0.6 is 23.8 Å². The molecule has 0 unspecified atom stereocenters. The Morgan fingerprint density at radius 3 is 2.58 bits per heavy atom. The van der Waals surface area contributed by atoms with Crippen LogP contribution in [0, 0.1) is 13.8 Å². The summed E-state index contributed by atoms with van der Waals surface area (Å²) in [5.74, 6) is 0.563. The second-order valence-corrected chi connectivity index (χ2v) is 7.15. The number of methoxy groups -OCH3 is 1. The molecule has 1 aromatic heterocycles. The molecule has 0 aliphatic carbocycles. The SMILES string of the molecule is COc1nc(C)c(C)cc1NC(=S)N1CCN(c2cccc(Cl)c2)CC1. The summed E-state index contributed by atoms with van der Waals surface area (Å²) in [6.45, 7) is 7.47. The normalized spacial score (nSPS) is 14.3. The van der Waals surface area contributed by atoms with Gasteiger partial charge in [0.05, 0.1) is 7.11 Å². The van der Waals surface area contributed by atoms with E-state index in [0.29, 0.717) is 11.0 Å². The van der Waals surface area contributed by atoms with Crippen LogP contribution in [0.15, 0.2) is 30.3 Å². The molecular weight excluding hydrogens is 368 g/mol. The predicted octanol–water partition coefficient (Wildman–Crippen LogP) is 3.88. The smallest absolute Gasteiger partial charge is 0.237 e. The van der Waals surface area contributed by atoms with Crippen LogP contribution in [0.3, 0.4) is 0 Å². The Kier molecular flexibility index (Phi) is 5.84. The number of aromatic nitrogens is 1. The van der Waals surface area contributed by atoms with Gasteiger partial charge < -0.3 is 19.9 Å². The van der Waals surface area contributed by atoms with Gasteiger partial charge in [0.1, 0.15) is 5.69 Å². The van der Waals surface area contributed by atoms with Gasteiger partial charge in [-0.05, 0) is 55.9 Å². The summed E-state index contributed by atoms with van der Waals surface area (Å²) in [6, 6.07) is 9.99. The van der Waals surface area contributed by atoms with Crippen molar-refractivity contribution in [3.05, 3.63) is 46.6 Å². The van der Waals surface area contributed by atoms with Gasteiger partial charge in [0.2, 0.25) is 5.88 Å². The van der Waals surface area contributed by atoms with Crippen LogP contribution in [-0.4, -0.2) is 48.3 Å². The lowest BCUT2D eigenvalue weighted by atomic mass is 10.2. The first kappa shape index (κ1) is 18.7. The zero-order chi connectivity index (χ0) is 18.7. The molecule has 2 aromatic rings. The Bertz CT molecular complexity index is 806. The van der Waals surface area contributed by atoms with Crippen LogP contribution in [0.25, 0.3) is 0 Å². The van der Waals surface area contributed by atoms with Gasteiger partial charge in [0, 0.05) is 42.6 Å². The van der Waals surface area contributed by atoms with Crippen molar-refractivity contribution in [1.29, 1.82) is 0 Å². The van der Waals surface area contributed by atoms with Crippen molar-refractivity contribution >= 4 is 40.3 Å². The lowest BCUT2D eigenvalue weighted by Gasteiger charge is -2.37. The summed E-state index contributed by atoms with van der Waals surface area (Å²) in [4.78, 5) is 8.96. The fraction of sp³-hybridized carbons (Fsp3) is 0.368. The molecule has 0 saturated carbocycles. The molecule has 138 valence electrons. The Morgan fingerprint density at radius 2 is 1.92 bits per heavy atom. The number of rotatable bonds is 3. The number of hydrogen-bond acceptors (Lipinski definition) is 4. The number of nitrogens with zero attached hydrogens (tertiary/aromatic N) is 3. The van der Waals surface area contributed by atoms with Gasteiger partial charge >= 0.3 is 0 Å². The van der Waals surface area contributed by atoms with E-state index in [1.807, 2.05) is 38.1 Å². The highest BCUT2D eigenvalue weighted by atomic mass is 35.5. The molecule has 1 aliphatic rings. The minimum absolute atomic E-state index is 0.563. The Labute approximate surface area is 164 Å². The van der Waals surface area contributed by atoms with Crippen LogP contribution in [0.4, 0.5) is 11.4 Å². The number of anilines is 2. The molecule has 26 heavy (non-hydrogen) atoms. The van der Waals surface area contributed by atoms with E-state index in [1.165, 1.54) is 0 Å². The number of aryl methyl sites for hydroxylation is 2. The third-order valence-electron chi connectivity index (χ3n) is 4.61. The standard InChI is InChI=1S/C19H23ClN4OS/c1-13-11-17(18(25-3)21-14(13)2)22-19(26)24-9-7-23(8-10-24)16-6-4-5-15(20)12-16/h4-6,11-12H,7-10H2,1-3H3,(H,22,26).